The van der Waals surface area contributed by atoms with E-state index in [4.69, 9.17) is 4.74 Å². The maximum Gasteiger partial charge on any atom is 0.137 e. The van der Waals surface area contributed by atoms with Crippen LogP contribution in [-0.2, 0) is 6.42 Å². The molecule has 1 heterocycles. The van der Waals surface area contributed by atoms with Gasteiger partial charge in [0.15, 0.2) is 0 Å². The molecule has 0 bridgehead atoms. The molecule has 118 valence electrons. The summed E-state index contributed by atoms with van der Waals surface area (Å²) in [5, 5.41) is 0. The molecule has 0 saturated heterocycles. The van der Waals surface area contributed by atoms with E-state index in [0.29, 0.717) is 5.92 Å². The van der Waals surface area contributed by atoms with Gasteiger partial charge in [-0.2, -0.15) is 0 Å². The average molecular weight is 440 g/mol. The first-order valence-corrected chi connectivity index (χ1v) is 8.90. The van der Waals surface area contributed by atoms with Crippen LogP contribution in [0.3, 0.4) is 0 Å². The van der Waals surface area contributed by atoms with E-state index in [2.05, 4.69) is 63.0 Å². The molecule has 0 radical (unpaired) electrons. The topological polar surface area (TPSA) is 12.5 Å². The summed E-state index contributed by atoms with van der Waals surface area (Å²) in [5.41, 5.74) is 1.37. The first-order valence-electron chi connectivity index (χ1n) is 7.32. The van der Waals surface area contributed by atoms with Crippen LogP contribution >= 0.6 is 44.3 Å². The first kappa shape index (κ1) is 17.6. The Balaban J connectivity index is 0.00000161. The second-order valence-corrected chi connectivity index (χ2v) is 8.19. The maximum absolute atomic E-state index is 6.54. The van der Waals surface area contributed by atoms with Crippen molar-refractivity contribution in [1.29, 1.82) is 0 Å². The molecule has 0 aromatic heterocycles. The number of hydrogen-bond donors (Lipinski definition) is 0. The molecule has 1 saturated carbocycles. The van der Waals surface area contributed by atoms with Crippen LogP contribution in [0.4, 0.5) is 0 Å². The van der Waals surface area contributed by atoms with Gasteiger partial charge < -0.3 is 9.64 Å². The Morgan fingerprint density at radius 3 is 2.76 bits per heavy atom. The van der Waals surface area contributed by atoms with Gasteiger partial charge in [0, 0.05) is 28.9 Å². The number of halogens is 3. The molecule has 1 aromatic rings. The van der Waals surface area contributed by atoms with Gasteiger partial charge >= 0.3 is 0 Å². The molecule has 0 unspecified atom stereocenters. The van der Waals surface area contributed by atoms with E-state index in [9.17, 15) is 0 Å². The molecule has 0 amide bonds. The van der Waals surface area contributed by atoms with Gasteiger partial charge in [-0.25, -0.2) is 0 Å². The summed E-state index contributed by atoms with van der Waals surface area (Å²) in [6.45, 7) is 1.12. The third kappa shape index (κ3) is 3.44. The van der Waals surface area contributed by atoms with Crippen LogP contribution in [0.1, 0.15) is 31.2 Å². The highest BCUT2D eigenvalue weighted by Crippen LogP contribution is 2.49. The number of ether oxygens (including phenoxy) is 1. The highest BCUT2D eigenvalue weighted by Gasteiger charge is 2.47. The summed E-state index contributed by atoms with van der Waals surface area (Å²) in [6, 6.07) is 4.30. The quantitative estimate of drug-likeness (QED) is 0.639. The van der Waals surface area contributed by atoms with Crippen molar-refractivity contribution in [2.24, 2.45) is 5.92 Å². The summed E-state index contributed by atoms with van der Waals surface area (Å²) in [4.78, 5) is 2.30. The Kier molecular flexibility index (Phi) is 5.67. The van der Waals surface area contributed by atoms with Crippen molar-refractivity contribution in [2.45, 2.75) is 37.7 Å². The van der Waals surface area contributed by atoms with E-state index in [0.717, 1.165) is 27.7 Å². The molecule has 1 aromatic carbocycles. The van der Waals surface area contributed by atoms with Gasteiger partial charge in [0.25, 0.3) is 0 Å². The minimum absolute atomic E-state index is 0. The van der Waals surface area contributed by atoms with Crippen LogP contribution in [0.5, 0.6) is 5.75 Å². The Bertz CT molecular complexity index is 523. The van der Waals surface area contributed by atoms with Gasteiger partial charge in [0.1, 0.15) is 11.4 Å². The van der Waals surface area contributed by atoms with E-state index in [-0.39, 0.29) is 18.0 Å². The molecule has 0 N–H and O–H groups in total. The highest BCUT2D eigenvalue weighted by molar-refractivity contribution is 9.11. The Morgan fingerprint density at radius 2 is 2.05 bits per heavy atom. The van der Waals surface area contributed by atoms with Crippen LogP contribution in [-0.4, -0.2) is 31.1 Å². The highest BCUT2D eigenvalue weighted by atomic mass is 79.9. The average Bonchev–Trinajstić information content (AvgIpc) is 2.71. The standard InChI is InChI=1S/C16H21Br2NO.ClH/c1-19(2)10-12-5-3-4-6-16(12)9-11-7-13(17)8-14(18)15(11)20-16;/h7-8,12H,3-6,9-10H2,1-2H3;1H/t12-,16+;/m1./s1. The van der Waals surface area contributed by atoms with Crippen molar-refractivity contribution in [3.05, 3.63) is 26.6 Å². The zero-order chi connectivity index (χ0) is 14.3. The lowest BCUT2D eigenvalue weighted by Gasteiger charge is -2.42. The fourth-order valence-electron chi connectivity index (χ4n) is 3.77. The number of benzene rings is 1. The molecule has 21 heavy (non-hydrogen) atoms. The molecule has 1 spiro atoms. The Labute approximate surface area is 150 Å². The predicted molar refractivity (Wildman–Crippen MR) is 96.7 cm³/mol. The van der Waals surface area contributed by atoms with E-state index < -0.39 is 0 Å². The third-order valence-electron chi connectivity index (χ3n) is 4.61. The summed E-state index contributed by atoms with van der Waals surface area (Å²) < 4.78 is 8.75. The van der Waals surface area contributed by atoms with Crippen molar-refractivity contribution in [2.75, 3.05) is 20.6 Å². The van der Waals surface area contributed by atoms with Gasteiger partial charge in [-0.05, 0) is 61.4 Å². The molecule has 2 atom stereocenters. The van der Waals surface area contributed by atoms with Crippen LogP contribution in [0.2, 0.25) is 0 Å². The first-order chi connectivity index (χ1) is 9.50. The van der Waals surface area contributed by atoms with Crippen LogP contribution in [0.15, 0.2) is 21.1 Å². The van der Waals surface area contributed by atoms with Crippen molar-refractivity contribution in [3.63, 3.8) is 0 Å². The number of fused-ring (bicyclic) bond motifs is 1. The molecule has 5 heteroatoms. The van der Waals surface area contributed by atoms with Crippen molar-refractivity contribution in [3.8, 4) is 5.75 Å². The van der Waals surface area contributed by atoms with Gasteiger partial charge in [0.2, 0.25) is 0 Å². The van der Waals surface area contributed by atoms with Gasteiger partial charge in [-0.3, -0.25) is 0 Å². The fourth-order valence-corrected chi connectivity index (χ4v) is 5.16. The smallest absolute Gasteiger partial charge is 0.137 e. The van der Waals surface area contributed by atoms with Crippen molar-refractivity contribution < 1.29 is 4.74 Å². The summed E-state index contributed by atoms with van der Waals surface area (Å²) >= 11 is 7.24. The Morgan fingerprint density at radius 1 is 1.29 bits per heavy atom. The maximum atomic E-state index is 6.54. The normalized spacial score (nSPS) is 27.4. The van der Waals surface area contributed by atoms with E-state index in [1.54, 1.807) is 0 Å². The van der Waals surface area contributed by atoms with Crippen molar-refractivity contribution in [1.82, 2.24) is 4.90 Å². The molecular formula is C16H22Br2ClNO. The summed E-state index contributed by atoms with van der Waals surface area (Å²) in [6.07, 6.45) is 6.15. The van der Waals surface area contributed by atoms with E-state index in [1.165, 1.54) is 31.2 Å². The van der Waals surface area contributed by atoms with E-state index in [1.807, 2.05) is 0 Å². The molecule has 2 nitrogen and oxygen atoms in total. The largest absolute Gasteiger partial charge is 0.485 e. The van der Waals surface area contributed by atoms with Crippen molar-refractivity contribution >= 4 is 44.3 Å². The minimum Gasteiger partial charge on any atom is -0.485 e. The number of nitrogens with zero attached hydrogens (tertiary/aromatic N) is 1. The SMILES string of the molecule is CN(C)C[C@H]1CCCC[C@]12Cc1cc(Br)cc(Br)c1O2.Cl. The van der Waals surface area contributed by atoms with Crippen LogP contribution < -0.4 is 4.74 Å². The van der Waals surface area contributed by atoms with Gasteiger partial charge in [-0.15, -0.1) is 12.4 Å². The second-order valence-electron chi connectivity index (χ2n) is 6.42. The second kappa shape index (κ2) is 6.77. The van der Waals surface area contributed by atoms with Crippen LogP contribution in [0.25, 0.3) is 0 Å². The minimum atomic E-state index is 0. The molecule has 1 aliphatic carbocycles. The van der Waals surface area contributed by atoms with Crippen LogP contribution in [0, 0.1) is 5.92 Å². The lowest BCUT2D eigenvalue weighted by Crippen LogP contribution is -2.48. The summed E-state index contributed by atoms with van der Waals surface area (Å²) in [7, 11) is 4.33. The van der Waals surface area contributed by atoms with E-state index >= 15 is 0 Å². The monoisotopic (exact) mass is 437 g/mol. The molecule has 2 aliphatic rings. The number of hydrogen-bond acceptors (Lipinski definition) is 2. The lowest BCUT2D eigenvalue weighted by molar-refractivity contribution is -0.0154. The summed E-state index contributed by atoms with van der Waals surface area (Å²) in [5.74, 6) is 1.70. The molecule has 3 rings (SSSR count). The third-order valence-corrected chi connectivity index (χ3v) is 5.66. The zero-order valence-electron chi connectivity index (χ0n) is 12.5. The molecule has 1 aliphatic heterocycles. The number of rotatable bonds is 2. The lowest BCUT2D eigenvalue weighted by atomic mass is 9.73. The molecule has 1 fully saturated rings. The van der Waals surface area contributed by atoms with Gasteiger partial charge in [0.05, 0.1) is 4.47 Å². The zero-order valence-corrected chi connectivity index (χ0v) is 16.5. The fraction of sp³-hybridized carbons (Fsp3) is 0.625. The predicted octanol–water partition coefficient (Wildman–Crippen LogP) is 5.06. The Hall–Kier alpha value is 0.230. The van der Waals surface area contributed by atoms with Gasteiger partial charge in [-0.1, -0.05) is 22.4 Å². The molecular weight excluding hydrogens is 417 g/mol.